The number of likely N-dealkylation sites (tertiary alicyclic amines) is 1. The van der Waals surface area contributed by atoms with E-state index in [9.17, 15) is 5.11 Å². The Kier molecular flexibility index (Phi) is 7.04. The van der Waals surface area contributed by atoms with Crippen molar-refractivity contribution in [2.75, 3.05) is 33.4 Å². The lowest BCUT2D eigenvalue weighted by molar-refractivity contribution is -0.0443. The number of rotatable bonds is 7. The van der Waals surface area contributed by atoms with Crippen molar-refractivity contribution in [3.63, 3.8) is 0 Å². The minimum atomic E-state index is -0.394. The highest BCUT2D eigenvalue weighted by molar-refractivity contribution is 4.75. The molecule has 0 aromatic carbocycles. The van der Waals surface area contributed by atoms with Crippen LogP contribution in [0.1, 0.15) is 33.1 Å². The molecule has 0 saturated carbocycles. The van der Waals surface area contributed by atoms with E-state index >= 15 is 0 Å². The summed E-state index contributed by atoms with van der Waals surface area (Å²) in [6, 6.07) is 0.592. The second kappa shape index (κ2) is 8.03. The summed E-state index contributed by atoms with van der Waals surface area (Å²) in [7, 11) is 1.66. The van der Waals surface area contributed by atoms with Crippen molar-refractivity contribution >= 4 is 0 Å². The standard InChI is InChI=1S/C13H27NO3/c1-11-6-4-5-7-14(11)8-13(15)10-17-12(2)9-16-3/h11-13,15H,4-10H2,1-3H3. The number of ether oxygens (including phenoxy) is 2. The quantitative estimate of drug-likeness (QED) is 0.733. The first-order chi connectivity index (χ1) is 8.13. The summed E-state index contributed by atoms with van der Waals surface area (Å²) >= 11 is 0. The third-order valence-corrected chi connectivity index (χ3v) is 3.36. The van der Waals surface area contributed by atoms with Gasteiger partial charge in [-0.1, -0.05) is 6.42 Å². The summed E-state index contributed by atoms with van der Waals surface area (Å²) in [4.78, 5) is 2.36. The van der Waals surface area contributed by atoms with E-state index in [4.69, 9.17) is 9.47 Å². The Balaban J connectivity index is 2.17. The van der Waals surface area contributed by atoms with Crippen molar-refractivity contribution in [2.24, 2.45) is 0 Å². The number of methoxy groups -OCH3 is 1. The highest BCUT2D eigenvalue weighted by Gasteiger charge is 2.21. The molecule has 17 heavy (non-hydrogen) atoms. The fraction of sp³-hybridized carbons (Fsp3) is 1.00. The Morgan fingerprint density at radius 1 is 1.35 bits per heavy atom. The molecular weight excluding hydrogens is 218 g/mol. The van der Waals surface area contributed by atoms with Crippen LogP contribution in [0.3, 0.4) is 0 Å². The fourth-order valence-electron chi connectivity index (χ4n) is 2.31. The van der Waals surface area contributed by atoms with E-state index in [1.165, 1.54) is 19.3 Å². The molecule has 0 amide bonds. The molecule has 1 saturated heterocycles. The first kappa shape index (κ1) is 14.9. The average Bonchev–Trinajstić information content (AvgIpc) is 2.30. The molecule has 3 unspecified atom stereocenters. The molecule has 4 heteroatoms. The van der Waals surface area contributed by atoms with E-state index < -0.39 is 6.10 Å². The van der Waals surface area contributed by atoms with Gasteiger partial charge in [-0.3, -0.25) is 4.90 Å². The molecule has 1 rings (SSSR count). The maximum atomic E-state index is 9.93. The van der Waals surface area contributed by atoms with Gasteiger partial charge in [-0.2, -0.15) is 0 Å². The summed E-state index contributed by atoms with van der Waals surface area (Å²) in [5.41, 5.74) is 0. The van der Waals surface area contributed by atoms with Crippen LogP contribution < -0.4 is 0 Å². The zero-order chi connectivity index (χ0) is 12.7. The van der Waals surface area contributed by atoms with E-state index in [-0.39, 0.29) is 6.10 Å². The van der Waals surface area contributed by atoms with E-state index in [1.807, 2.05) is 6.92 Å². The van der Waals surface area contributed by atoms with Gasteiger partial charge in [0.05, 0.1) is 25.4 Å². The van der Waals surface area contributed by atoms with Crippen LogP contribution in [0, 0.1) is 0 Å². The number of nitrogens with zero attached hydrogens (tertiary/aromatic N) is 1. The first-order valence-corrected chi connectivity index (χ1v) is 6.66. The maximum Gasteiger partial charge on any atom is 0.0900 e. The van der Waals surface area contributed by atoms with Crippen LogP contribution in [-0.4, -0.2) is 61.7 Å². The van der Waals surface area contributed by atoms with Crippen LogP contribution in [0.5, 0.6) is 0 Å². The Morgan fingerprint density at radius 3 is 2.76 bits per heavy atom. The predicted molar refractivity (Wildman–Crippen MR) is 68.2 cm³/mol. The number of β-amino-alcohol motifs (C(OH)–C–C–N with tert-alkyl or cyclic N) is 1. The normalized spacial score (nSPS) is 25.8. The van der Waals surface area contributed by atoms with Gasteiger partial charge < -0.3 is 14.6 Å². The molecule has 102 valence electrons. The Bertz CT molecular complexity index is 201. The van der Waals surface area contributed by atoms with Crippen LogP contribution in [0.15, 0.2) is 0 Å². The second-order valence-corrected chi connectivity index (χ2v) is 5.09. The van der Waals surface area contributed by atoms with Gasteiger partial charge in [0.1, 0.15) is 0 Å². The minimum absolute atomic E-state index is 0.0495. The van der Waals surface area contributed by atoms with Gasteiger partial charge >= 0.3 is 0 Å². The largest absolute Gasteiger partial charge is 0.389 e. The molecule has 0 aliphatic carbocycles. The molecule has 0 aromatic heterocycles. The molecular formula is C13H27NO3. The minimum Gasteiger partial charge on any atom is -0.389 e. The van der Waals surface area contributed by atoms with Gasteiger partial charge in [0, 0.05) is 19.7 Å². The van der Waals surface area contributed by atoms with E-state index in [1.54, 1.807) is 7.11 Å². The van der Waals surface area contributed by atoms with Crippen molar-refractivity contribution < 1.29 is 14.6 Å². The summed E-state index contributed by atoms with van der Waals surface area (Å²) in [6.45, 7) is 6.99. The van der Waals surface area contributed by atoms with Gasteiger partial charge in [0.25, 0.3) is 0 Å². The lowest BCUT2D eigenvalue weighted by Crippen LogP contribution is -2.43. The van der Waals surface area contributed by atoms with E-state index in [0.29, 0.717) is 19.3 Å². The Morgan fingerprint density at radius 2 is 2.12 bits per heavy atom. The maximum absolute atomic E-state index is 9.93. The van der Waals surface area contributed by atoms with Crippen LogP contribution in [0.4, 0.5) is 0 Å². The zero-order valence-corrected chi connectivity index (χ0v) is 11.4. The number of aliphatic hydroxyl groups excluding tert-OH is 1. The highest BCUT2D eigenvalue weighted by atomic mass is 16.5. The molecule has 1 heterocycles. The van der Waals surface area contributed by atoms with Gasteiger partial charge in [-0.05, 0) is 33.2 Å². The predicted octanol–water partition coefficient (Wildman–Crippen LogP) is 1.27. The summed E-state index contributed by atoms with van der Waals surface area (Å²) in [5, 5.41) is 9.93. The van der Waals surface area contributed by atoms with Crippen molar-refractivity contribution in [3.8, 4) is 0 Å². The third-order valence-electron chi connectivity index (χ3n) is 3.36. The topological polar surface area (TPSA) is 41.9 Å². The van der Waals surface area contributed by atoms with Crippen LogP contribution in [0.2, 0.25) is 0 Å². The Labute approximate surface area is 105 Å². The molecule has 0 aromatic rings. The SMILES string of the molecule is COCC(C)OCC(O)CN1CCCCC1C. The van der Waals surface area contributed by atoms with Gasteiger partial charge in [0.15, 0.2) is 0 Å². The summed E-state index contributed by atoms with van der Waals surface area (Å²) in [6.07, 6.45) is 3.46. The monoisotopic (exact) mass is 245 g/mol. The molecule has 0 bridgehead atoms. The van der Waals surface area contributed by atoms with E-state index in [0.717, 1.165) is 13.1 Å². The molecule has 0 radical (unpaired) electrons. The first-order valence-electron chi connectivity index (χ1n) is 6.66. The smallest absolute Gasteiger partial charge is 0.0900 e. The second-order valence-electron chi connectivity index (χ2n) is 5.09. The van der Waals surface area contributed by atoms with Gasteiger partial charge in [-0.15, -0.1) is 0 Å². The van der Waals surface area contributed by atoms with Crippen LogP contribution in [-0.2, 0) is 9.47 Å². The molecule has 1 aliphatic heterocycles. The van der Waals surface area contributed by atoms with Crippen molar-refractivity contribution in [1.82, 2.24) is 4.90 Å². The number of aliphatic hydroxyl groups is 1. The van der Waals surface area contributed by atoms with Crippen molar-refractivity contribution in [3.05, 3.63) is 0 Å². The van der Waals surface area contributed by atoms with Crippen LogP contribution in [0.25, 0.3) is 0 Å². The molecule has 1 fully saturated rings. The number of piperidine rings is 1. The lowest BCUT2D eigenvalue weighted by atomic mass is 10.0. The van der Waals surface area contributed by atoms with E-state index in [2.05, 4.69) is 11.8 Å². The molecule has 1 aliphatic rings. The third kappa shape index (κ3) is 5.82. The average molecular weight is 245 g/mol. The fourth-order valence-corrected chi connectivity index (χ4v) is 2.31. The highest BCUT2D eigenvalue weighted by Crippen LogP contribution is 2.16. The summed E-state index contributed by atoms with van der Waals surface area (Å²) < 4.78 is 10.5. The molecule has 1 N–H and O–H groups in total. The molecule has 4 nitrogen and oxygen atoms in total. The number of hydrogen-bond acceptors (Lipinski definition) is 4. The lowest BCUT2D eigenvalue weighted by Gasteiger charge is -2.34. The molecule has 0 spiro atoms. The van der Waals surface area contributed by atoms with Crippen LogP contribution >= 0.6 is 0 Å². The Hall–Kier alpha value is -0.160. The van der Waals surface area contributed by atoms with Gasteiger partial charge in [-0.25, -0.2) is 0 Å². The number of hydrogen-bond donors (Lipinski definition) is 1. The van der Waals surface area contributed by atoms with Gasteiger partial charge in [0.2, 0.25) is 0 Å². The van der Waals surface area contributed by atoms with Crippen molar-refractivity contribution in [2.45, 2.75) is 51.4 Å². The van der Waals surface area contributed by atoms with Crippen molar-refractivity contribution in [1.29, 1.82) is 0 Å². The molecule has 3 atom stereocenters. The summed E-state index contributed by atoms with van der Waals surface area (Å²) in [5.74, 6) is 0. The zero-order valence-electron chi connectivity index (χ0n) is 11.4.